The lowest BCUT2D eigenvalue weighted by Gasteiger charge is -2.12. The van der Waals surface area contributed by atoms with Crippen LogP contribution in [0.15, 0.2) is 30.3 Å². The molecule has 0 saturated carbocycles. The summed E-state index contributed by atoms with van der Waals surface area (Å²) in [5, 5.41) is 9.12. The summed E-state index contributed by atoms with van der Waals surface area (Å²) in [6.07, 6.45) is 0.354. The number of urea groups is 1. The van der Waals surface area contributed by atoms with Gasteiger partial charge >= 0.3 is 6.03 Å². The third kappa shape index (κ3) is 4.87. The molecule has 0 aliphatic carbocycles. The van der Waals surface area contributed by atoms with Crippen molar-refractivity contribution in [3.8, 4) is 11.5 Å². The number of nitrogens with zero attached hydrogens (tertiary/aromatic N) is 1. The Kier molecular flexibility index (Phi) is 6.40. The smallest absolute Gasteiger partial charge is 0.323 e. The van der Waals surface area contributed by atoms with Crippen molar-refractivity contribution in [2.45, 2.75) is 13.3 Å². The van der Waals surface area contributed by atoms with Crippen LogP contribution in [-0.2, 0) is 4.79 Å². The van der Waals surface area contributed by atoms with E-state index in [1.165, 1.54) is 25.6 Å². The largest absolute Gasteiger partial charge is 0.495 e. The Morgan fingerprint density at radius 2 is 1.83 bits per heavy atom. The van der Waals surface area contributed by atoms with Crippen LogP contribution in [0.5, 0.6) is 11.5 Å². The second-order valence-corrected chi connectivity index (χ2v) is 7.34. The normalized spacial score (nSPS) is 10.5. The molecule has 0 atom stereocenters. The van der Waals surface area contributed by atoms with Crippen LogP contribution in [0.25, 0.3) is 10.2 Å². The second kappa shape index (κ2) is 8.97. The zero-order valence-electron chi connectivity index (χ0n) is 16.0. The van der Waals surface area contributed by atoms with Crippen LogP contribution in [0.3, 0.4) is 0 Å². The molecule has 0 spiro atoms. The van der Waals surface area contributed by atoms with Crippen molar-refractivity contribution in [3.63, 3.8) is 0 Å². The lowest BCUT2D eigenvalue weighted by atomic mass is 10.2. The second-order valence-electron chi connectivity index (χ2n) is 5.87. The number of hydrogen-bond donors (Lipinski definition) is 3. The summed E-state index contributed by atoms with van der Waals surface area (Å²) in [6.45, 7) is 1.76. The van der Waals surface area contributed by atoms with E-state index in [4.69, 9.17) is 21.1 Å². The number of rotatable bonds is 6. The van der Waals surface area contributed by atoms with E-state index in [0.29, 0.717) is 45.0 Å². The first-order valence-corrected chi connectivity index (χ1v) is 9.83. The number of ether oxygens (including phenoxy) is 2. The van der Waals surface area contributed by atoms with E-state index in [1.54, 1.807) is 37.3 Å². The zero-order valence-corrected chi connectivity index (χ0v) is 17.5. The van der Waals surface area contributed by atoms with Gasteiger partial charge in [0.05, 0.1) is 24.6 Å². The summed E-state index contributed by atoms with van der Waals surface area (Å²) >= 11 is 7.28. The fraction of sp³-hybridized carbons (Fsp3) is 0.211. The van der Waals surface area contributed by atoms with Gasteiger partial charge in [0.15, 0.2) is 5.13 Å². The van der Waals surface area contributed by atoms with Gasteiger partial charge in [-0.15, -0.1) is 0 Å². The Labute approximate surface area is 176 Å². The average Bonchev–Trinajstić information content (AvgIpc) is 3.09. The van der Waals surface area contributed by atoms with E-state index in [2.05, 4.69) is 20.9 Å². The number of aromatic nitrogens is 1. The van der Waals surface area contributed by atoms with Crippen molar-refractivity contribution in [1.82, 2.24) is 4.98 Å². The van der Waals surface area contributed by atoms with Crippen molar-refractivity contribution in [2.24, 2.45) is 0 Å². The molecule has 0 saturated heterocycles. The minimum absolute atomic E-state index is 0.129. The van der Waals surface area contributed by atoms with Crippen LogP contribution in [0.4, 0.5) is 21.3 Å². The third-order valence-corrected chi connectivity index (χ3v) is 5.07. The molecule has 0 radical (unpaired) electrons. The van der Waals surface area contributed by atoms with Gasteiger partial charge in [0, 0.05) is 23.2 Å². The molecule has 1 heterocycles. The number of nitrogens with one attached hydrogen (secondary N) is 3. The minimum atomic E-state index is -0.476. The van der Waals surface area contributed by atoms with Crippen LogP contribution in [0.2, 0.25) is 5.02 Å². The molecule has 10 heteroatoms. The number of carbonyl (C=O) groups is 2. The number of thiazole rings is 1. The molecule has 3 aromatic rings. The van der Waals surface area contributed by atoms with Gasteiger partial charge < -0.3 is 25.4 Å². The number of benzene rings is 2. The lowest BCUT2D eigenvalue weighted by Crippen LogP contribution is -2.19. The average molecular weight is 435 g/mol. The van der Waals surface area contributed by atoms with Gasteiger partial charge in [0.2, 0.25) is 5.91 Å². The number of hydrogen-bond acceptors (Lipinski definition) is 6. The van der Waals surface area contributed by atoms with E-state index in [1.807, 2.05) is 0 Å². The van der Waals surface area contributed by atoms with Crippen molar-refractivity contribution in [3.05, 3.63) is 35.4 Å². The molecule has 0 bridgehead atoms. The zero-order chi connectivity index (χ0) is 21.0. The van der Waals surface area contributed by atoms with Gasteiger partial charge in [-0.05, 0) is 24.3 Å². The maximum atomic E-state index is 12.5. The predicted molar refractivity (Wildman–Crippen MR) is 116 cm³/mol. The Morgan fingerprint density at radius 1 is 1.07 bits per heavy atom. The monoisotopic (exact) mass is 434 g/mol. The SMILES string of the molecule is CCC(=O)Nc1nc2c(OC)cc(NC(=O)Nc3cc(Cl)ccc3OC)cc2s1. The Balaban J connectivity index is 1.83. The molecule has 29 heavy (non-hydrogen) atoms. The Morgan fingerprint density at radius 3 is 2.52 bits per heavy atom. The van der Waals surface area contributed by atoms with Crippen LogP contribution in [-0.4, -0.2) is 31.1 Å². The molecule has 1 aromatic heterocycles. The molecule has 0 fully saturated rings. The summed E-state index contributed by atoms with van der Waals surface area (Å²) in [5.41, 5.74) is 1.55. The van der Waals surface area contributed by atoms with E-state index in [-0.39, 0.29) is 5.91 Å². The number of halogens is 1. The molecule has 3 N–H and O–H groups in total. The van der Waals surface area contributed by atoms with E-state index < -0.39 is 6.03 Å². The van der Waals surface area contributed by atoms with Gasteiger partial charge in [0.25, 0.3) is 0 Å². The third-order valence-electron chi connectivity index (χ3n) is 3.91. The summed E-state index contributed by atoms with van der Waals surface area (Å²) < 4.78 is 11.4. The van der Waals surface area contributed by atoms with Crippen LogP contribution >= 0.6 is 22.9 Å². The first kappa shape index (κ1) is 20.7. The first-order chi connectivity index (χ1) is 13.9. The highest BCUT2D eigenvalue weighted by Crippen LogP contribution is 2.36. The summed E-state index contributed by atoms with van der Waals surface area (Å²) in [6, 6.07) is 7.86. The number of fused-ring (bicyclic) bond motifs is 1. The van der Waals surface area contributed by atoms with Crippen LogP contribution < -0.4 is 25.4 Å². The first-order valence-electron chi connectivity index (χ1n) is 8.63. The van der Waals surface area contributed by atoms with Crippen LogP contribution in [0, 0.1) is 0 Å². The fourth-order valence-corrected chi connectivity index (χ4v) is 3.66. The molecule has 8 nitrogen and oxygen atoms in total. The predicted octanol–water partition coefficient (Wildman–Crippen LogP) is 4.96. The maximum absolute atomic E-state index is 12.5. The van der Waals surface area contributed by atoms with Crippen molar-refractivity contribution in [1.29, 1.82) is 0 Å². The molecule has 2 aromatic carbocycles. The summed E-state index contributed by atoms with van der Waals surface area (Å²) in [4.78, 5) is 28.5. The van der Waals surface area contributed by atoms with Crippen LogP contribution in [0.1, 0.15) is 13.3 Å². The Bertz CT molecular complexity index is 1070. The summed E-state index contributed by atoms with van der Waals surface area (Å²) in [7, 11) is 3.02. The molecule has 3 rings (SSSR count). The molecular formula is C19H19ClN4O4S. The van der Waals surface area contributed by atoms with Crippen molar-refractivity contribution >= 4 is 61.6 Å². The van der Waals surface area contributed by atoms with Gasteiger partial charge in [-0.2, -0.15) is 0 Å². The maximum Gasteiger partial charge on any atom is 0.323 e. The standard InChI is InChI=1S/C19H19ClN4O4S/c1-4-16(25)23-19-24-17-14(28-3)8-11(9-15(17)29-19)21-18(26)22-12-7-10(20)5-6-13(12)27-2/h5-9H,4H2,1-3H3,(H2,21,22,26)(H,23,24,25). The Hall–Kier alpha value is -3.04. The summed E-state index contributed by atoms with van der Waals surface area (Å²) in [5.74, 6) is 0.832. The lowest BCUT2D eigenvalue weighted by molar-refractivity contribution is -0.115. The fourth-order valence-electron chi connectivity index (χ4n) is 2.55. The van der Waals surface area contributed by atoms with E-state index in [0.717, 1.165) is 4.70 Å². The minimum Gasteiger partial charge on any atom is -0.495 e. The van der Waals surface area contributed by atoms with E-state index >= 15 is 0 Å². The molecule has 152 valence electrons. The molecule has 0 aliphatic rings. The topological polar surface area (TPSA) is 102 Å². The highest BCUT2D eigenvalue weighted by Gasteiger charge is 2.14. The van der Waals surface area contributed by atoms with Gasteiger partial charge in [-0.1, -0.05) is 29.9 Å². The van der Waals surface area contributed by atoms with Crippen molar-refractivity contribution < 1.29 is 19.1 Å². The molecule has 0 aliphatic heterocycles. The molecular weight excluding hydrogens is 416 g/mol. The number of amides is 3. The molecule has 0 unspecified atom stereocenters. The number of carbonyl (C=O) groups excluding carboxylic acids is 2. The highest BCUT2D eigenvalue weighted by molar-refractivity contribution is 7.22. The van der Waals surface area contributed by atoms with Gasteiger partial charge in [0.1, 0.15) is 17.0 Å². The van der Waals surface area contributed by atoms with Crippen molar-refractivity contribution in [2.75, 3.05) is 30.2 Å². The quantitative estimate of drug-likeness (QED) is 0.509. The molecule has 3 amide bonds. The van der Waals surface area contributed by atoms with Gasteiger partial charge in [-0.3, -0.25) is 4.79 Å². The van der Waals surface area contributed by atoms with E-state index in [9.17, 15) is 9.59 Å². The number of methoxy groups -OCH3 is 2. The van der Waals surface area contributed by atoms with Gasteiger partial charge in [-0.25, -0.2) is 9.78 Å². The highest BCUT2D eigenvalue weighted by atomic mass is 35.5. The number of anilines is 3.